The summed E-state index contributed by atoms with van der Waals surface area (Å²) in [5, 5.41) is 16.1. The predicted molar refractivity (Wildman–Crippen MR) is 74.3 cm³/mol. The molecule has 0 radical (unpaired) electrons. The van der Waals surface area contributed by atoms with Crippen molar-refractivity contribution < 1.29 is 4.79 Å². The third-order valence-corrected chi connectivity index (χ3v) is 3.58. The molecule has 5 nitrogen and oxygen atoms in total. The molecule has 0 fully saturated rings. The van der Waals surface area contributed by atoms with E-state index in [0.29, 0.717) is 11.1 Å². The number of benzene rings is 1. The molecule has 20 heavy (non-hydrogen) atoms. The van der Waals surface area contributed by atoms with E-state index in [2.05, 4.69) is 10.4 Å². The van der Waals surface area contributed by atoms with Crippen LogP contribution in [-0.4, -0.2) is 15.7 Å². The van der Waals surface area contributed by atoms with Crippen molar-refractivity contribution in [2.75, 3.05) is 5.32 Å². The summed E-state index contributed by atoms with van der Waals surface area (Å²) in [5.41, 5.74) is 3.32. The van der Waals surface area contributed by atoms with Gasteiger partial charge in [0.1, 0.15) is 5.82 Å². The van der Waals surface area contributed by atoms with Gasteiger partial charge in [0.05, 0.1) is 17.3 Å². The van der Waals surface area contributed by atoms with Gasteiger partial charge in [-0.05, 0) is 43.5 Å². The Morgan fingerprint density at radius 3 is 2.80 bits per heavy atom. The number of hydrogen-bond acceptors (Lipinski definition) is 3. The minimum absolute atomic E-state index is 0.174. The van der Waals surface area contributed by atoms with Crippen molar-refractivity contribution in [2.24, 2.45) is 7.05 Å². The van der Waals surface area contributed by atoms with E-state index in [1.54, 1.807) is 28.9 Å². The molecule has 0 bridgehead atoms. The summed E-state index contributed by atoms with van der Waals surface area (Å²) >= 11 is 0. The monoisotopic (exact) mass is 266 g/mol. The second kappa shape index (κ2) is 4.82. The smallest absolute Gasteiger partial charge is 0.256 e. The van der Waals surface area contributed by atoms with Crippen LogP contribution in [0.2, 0.25) is 0 Å². The Hall–Kier alpha value is -2.61. The Bertz CT molecular complexity index is 707. The zero-order valence-electron chi connectivity index (χ0n) is 11.2. The molecular weight excluding hydrogens is 252 g/mol. The molecule has 2 aromatic rings. The fourth-order valence-corrected chi connectivity index (χ4v) is 2.55. The molecule has 1 heterocycles. The standard InChI is InChI=1S/C15H14N4O/c1-19-14(12-3-2-4-13(12)18-19)17-15(20)11-7-5-10(9-16)6-8-11/h5-8H,2-4H2,1H3,(H,17,20). The zero-order valence-corrected chi connectivity index (χ0v) is 11.2. The summed E-state index contributed by atoms with van der Waals surface area (Å²) in [6, 6.07) is 8.63. The average Bonchev–Trinajstić information content (AvgIpc) is 3.02. The van der Waals surface area contributed by atoms with Gasteiger partial charge in [0.15, 0.2) is 0 Å². The quantitative estimate of drug-likeness (QED) is 0.904. The minimum Gasteiger partial charge on any atom is -0.307 e. The number of carbonyl (C=O) groups is 1. The lowest BCUT2D eigenvalue weighted by Gasteiger charge is -2.07. The molecular formula is C15H14N4O. The summed E-state index contributed by atoms with van der Waals surface area (Å²) in [7, 11) is 1.84. The lowest BCUT2D eigenvalue weighted by molar-refractivity contribution is 0.102. The van der Waals surface area contributed by atoms with Crippen molar-refractivity contribution in [3.63, 3.8) is 0 Å². The molecule has 1 aromatic heterocycles. The van der Waals surface area contributed by atoms with Gasteiger partial charge in [-0.1, -0.05) is 0 Å². The molecule has 1 amide bonds. The number of hydrogen-bond donors (Lipinski definition) is 1. The number of rotatable bonds is 2. The highest BCUT2D eigenvalue weighted by molar-refractivity contribution is 6.04. The van der Waals surface area contributed by atoms with Crippen molar-refractivity contribution in [1.82, 2.24) is 9.78 Å². The number of amides is 1. The van der Waals surface area contributed by atoms with Gasteiger partial charge in [-0.25, -0.2) is 0 Å². The van der Waals surface area contributed by atoms with Crippen LogP contribution >= 0.6 is 0 Å². The van der Waals surface area contributed by atoms with E-state index in [9.17, 15) is 4.79 Å². The van der Waals surface area contributed by atoms with Crippen molar-refractivity contribution in [3.05, 3.63) is 46.6 Å². The largest absolute Gasteiger partial charge is 0.307 e. The second-order valence-corrected chi connectivity index (χ2v) is 4.89. The number of carbonyl (C=O) groups excluding carboxylic acids is 1. The Balaban J connectivity index is 1.84. The topological polar surface area (TPSA) is 70.7 Å². The third-order valence-electron chi connectivity index (χ3n) is 3.58. The van der Waals surface area contributed by atoms with Crippen molar-refractivity contribution in [1.29, 1.82) is 5.26 Å². The normalized spacial score (nSPS) is 12.8. The van der Waals surface area contributed by atoms with Crippen LogP contribution in [0.15, 0.2) is 24.3 Å². The Morgan fingerprint density at radius 1 is 1.35 bits per heavy atom. The van der Waals surface area contributed by atoms with E-state index in [1.807, 2.05) is 13.1 Å². The summed E-state index contributed by atoms with van der Waals surface area (Å²) < 4.78 is 1.73. The van der Waals surface area contributed by atoms with E-state index in [4.69, 9.17) is 5.26 Å². The predicted octanol–water partition coefficient (Wildman–Crippen LogP) is 2.03. The van der Waals surface area contributed by atoms with Gasteiger partial charge >= 0.3 is 0 Å². The first kappa shape index (κ1) is 12.4. The van der Waals surface area contributed by atoms with Crippen LogP contribution < -0.4 is 5.32 Å². The molecule has 0 atom stereocenters. The van der Waals surface area contributed by atoms with E-state index >= 15 is 0 Å². The maximum atomic E-state index is 12.2. The lowest BCUT2D eigenvalue weighted by atomic mass is 10.1. The third kappa shape index (κ3) is 2.05. The fraction of sp³-hybridized carbons (Fsp3) is 0.267. The molecule has 3 rings (SSSR count). The van der Waals surface area contributed by atoms with Crippen LogP contribution in [0.3, 0.4) is 0 Å². The highest BCUT2D eigenvalue weighted by Crippen LogP contribution is 2.28. The van der Waals surface area contributed by atoms with E-state index < -0.39 is 0 Å². The molecule has 5 heteroatoms. The highest BCUT2D eigenvalue weighted by Gasteiger charge is 2.22. The van der Waals surface area contributed by atoms with Crippen LogP contribution in [0.25, 0.3) is 0 Å². The number of nitriles is 1. The molecule has 1 aliphatic rings. The molecule has 100 valence electrons. The van der Waals surface area contributed by atoms with Gasteiger partial charge in [0.2, 0.25) is 0 Å². The number of fused-ring (bicyclic) bond motifs is 1. The SMILES string of the molecule is Cn1nc2c(c1NC(=O)c1ccc(C#N)cc1)CCC2. The Kier molecular flexibility index (Phi) is 2.99. The highest BCUT2D eigenvalue weighted by atomic mass is 16.1. The number of aryl methyl sites for hydroxylation is 2. The van der Waals surface area contributed by atoms with Crippen molar-refractivity contribution in [3.8, 4) is 6.07 Å². The van der Waals surface area contributed by atoms with E-state index in [1.165, 1.54) is 0 Å². The maximum absolute atomic E-state index is 12.2. The van der Waals surface area contributed by atoms with E-state index in [0.717, 1.165) is 36.3 Å². The van der Waals surface area contributed by atoms with Gasteiger partial charge < -0.3 is 5.32 Å². The van der Waals surface area contributed by atoms with Gasteiger partial charge in [-0.15, -0.1) is 0 Å². The summed E-state index contributed by atoms with van der Waals surface area (Å²) in [4.78, 5) is 12.2. The summed E-state index contributed by atoms with van der Waals surface area (Å²) in [6.45, 7) is 0. The number of aromatic nitrogens is 2. The van der Waals surface area contributed by atoms with Crippen molar-refractivity contribution in [2.45, 2.75) is 19.3 Å². The Morgan fingerprint density at radius 2 is 2.10 bits per heavy atom. The minimum atomic E-state index is -0.174. The number of nitrogens with zero attached hydrogens (tertiary/aromatic N) is 3. The first-order chi connectivity index (χ1) is 9.69. The molecule has 0 saturated carbocycles. The first-order valence-electron chi connectivity index (χ1n) is 6.55. The van der Waals surface area contributed by atoms with Crippen LogP contribution in [0, 0.1) is 11.3 Å². The van der Waals surface area contributed by atoms with E-state index in [-0.39, 0.29) is 5.91 Å². The van der Waals surface area contributed by atoms with Crippen molar-refractivity contribution >= 4 is 11.7 Å². The first-order valence-corrected chi connectivity index (χ1v) is 6.55. The molecule has 0 aliphatic heterocycles. The number of anilines is 1. The zero-order chi connectivity index (χ0) is 14.1. The molecule has 1 aliphatic carbocycles. The van der Waals surface area contributed by atoms with Gasteiger partial charge in [0.25, 0.3) is 5.91 Å². The fourth-order valence-electron chi connectivity index (χ4n) is 2.55. The van der Waals surface area contributed by atoms with Gasteiger partial charge in [-0.2, -0.15) is 10.4 Å². The number of nitrogens with one attached hydrogen (secondary N) is 1. The molecule has 1 N–H and O–H groups in total. The second-order valence-electron chi connectivity index (χ2n) is 4.89. The van der Waals surface area contributed by atoms with Crippen LogP contribution in [-0.2, 0) is 19.9 Å². The van der Waals surface area contributed by atoms with Crippen LogP contribution in [0.1, 0.15) is 33.6 Å². The molecule has 1 aromatic carbocycles. The van der Waals surface area contributed by atoms with Crippen LogP contribution in [0.4, 0.5) is 5.82 Å². The van der Waals surface area contributed by atoms with Crippen LogP contribution in [0.5, 0.6) is 0 Å². The van der Waals surface area contributed by atoms with Gasteiger partial charge in [0, 0.05) is 18.2 Å². The molecule has 0 saturated heterocycles. The average molecular weight is 266 g/mol. The summed E-state index contributed by atoms with van der Waals surface area (Å²) in [6.07, 6.45) is 3.04. The molecule has 0 spiro atoms. The summed E-state index contributed by atoms with van der Waals surface area (Å²) in [5.74, 6) is 0.610. The molecule has 0 unspecified atom stereocenters. The maximum Gasteiger partial charge on any atom is 0.256 e. The lowest BCUT2D eigenvalue weighted by Crippen LogP contribution is -2.15. The van der Waals surface area contributed by atoms with Gasteiger partial charge in [-0.3, -0.25) is 9.48 Å². The Labute approximate surface area is 116 Å².